The molecule has 7 nitrogen and oxygen atoms in total. The van der Waals surface area contributed by atoms with Gasteiger partial charge in [0.2, 0.25) is 11.8 Å². The molecule has 0 aliphatic carbocycles. The van der Waals surface area contributed by atoms with Crippen LogP contribution in [-0.4, -0.2) is 36.4 Å². The first-order chi connectivity index (χ1) is 13.6. The number of amides is 2. The van der Waals surface area contributed by atoms with E-state index >= 15 is 0 Å². The molecule has 1 fully saturated rings. The number of pyridine rings is 1. The van der Waals surface area contributed by atoms with E-state index in [1.807, 2.05) is 24.3 Å². The number of nitrogens with zero attached hydrogens (tertiary/aromatic N) is 3. The maximum atomic E-state index is 12.4. The van der Waals surface area contributed by atoms with Crippen molar-refractivity contribution in [2.24, 2.45) is 5.92 Å². The van der Waals surface area contributed by atoms with E-state index < -0.39 is 0 Å². The molecule has 1 aromatic carbocycles. The van der Waals surface area contributed by atoms with E-state index in [4.69, 9.17) is 5.26 Å². The first-order valence-corrected chi connectivity index (χ1v) is 9.79. The van der Waals surface area contributed by atoms with Gasteiger partial charge in [-0.1, -0.05) is 12.1 Å². The SMILES string of the molecule is N#Cc1ccc(N2CCC(C(=O)NCC(=O)Nc3ccccc3Br)CC2)nc1. The van der Waals surface area contributed by atoms with Crippen molar-refractivity contribution in [3.8, 4) is 6.07 Å². The molecule has 144 valence electrons. The Morgan fingerprint density at radius 3 is 2.61 bits per heavy atom. The zero-order valence-corrected chi connectivity index (χ0v) is 16.8. The quantitative estimate of drug-likeness (QED) is 0.742. The number of halogens is 1. The van der Waals surface area contributed by atoms with E-state index in [1.54, 1.807) is 18.3 Å². The minimum absolute atomic E-state index is 0.0580. The van der Waals surface area contributed by atoms with E-state index in [2.05, 4.69) is 42.5 Å². The van der Waals surface area contributed by atoms with Gasteiger partial charge in [-0.05, 0) is 53.0 Å². The Morgan fingerprint density at radius 2 is 1.96 bits per heavy atom. The molecular weight excluding hydrogens is 422 g/mol. The van der Waals surface area contributed by atoms with Crippen molar-refractivity contribution < 1.29 is 9.59 Å². The van der Waals surface area contributed by atoms with Crippen molar-refractivity contribution in [3.05, 3.63) is 52.6 Å². The molecule has 1 saturated heterocycles. The average Bonchev–Trinajstić information content (AvgIpc) is 2.74. The van der Waals surface area contributed by atoms with Crippen LogP contribution < -0.4 is 15.5 Å². The van der Waals surface area contributed by atoms with Gasteiger partial charge < -0.3 is 15.5 Å². The lowest BCUT2D eigenvalue weighted by Gasteiger charge is -2.32. The van der Waals surface area contributed by atoms with Crippen LogP contribution in [0.1, 0.15) is 18.4 Å². The van der Waals surface area contributed by atoms with Gasteiger partial charge in [0.25, 0.3) is 0 Å². The van der Waals surface area contributed by atoms with Crippen molar-refractivity contribution in [1.29, 1.82) is 5.26 Å². The van der Waals surface area contributed by atoms with E-state index in [-0.39, 0.29) is 24.3 Å². The van der Waals surface area contributed by atoms with Crippen molar-refractivity contribution in [3.63, 3.8) is 0 Å². The van der Waals surface area contributed by atoms with Crippen LogP contribution >= 0.6 is 15.9 Å². The molecule has 8 heteroatoms. The van der Waals surface area contributed by atoms with Crippen LogP contribution in [0.25, 0.3) is 0 Å². The van der Waals surface area contributed by atoms with Crippen LogP contribution in [0.15, 0.2) is 47.1 Å². The largest absolute Gasteiger partial charge is 0.357 e. The summed E-state index contributed by atoms with van der Waals surface area (Å²) in [6.45, 7) is 1.36. The molecule has 2 aromatic rings. The Hall–Kier alpha value is -2.92. The number of nitriles is 1. The van der Waals surface area contributed by atoms with Gasteiger partial charge in [-0.15, -0.1) is 0 Å². The summed E-state index contributed by atoms with van der Waals surface area (Å²) in [6, 6.07) is 12.9. The Morgan fingerprint density at radius 1 is 1.21 bits per heavy atom. The summed E-state index contributed by atoms with van der Waals surface area (Å²) in [4.78, 5) is 30.8. The Bertz CT molecular complexity index is 886. The summed E-state index contributed by atoms with van der Waals surface area (Å²) in [6.07, 6.45) is 2.94. The zero-order chi connectivity index (χ0) is 19.9. The number of carbonyl (C=O) groups excluding carboxylic acids is 2. The summed E-state index contributed by atoms with van der Waals surface area (Å²) >= 11 is 3.37. The number of rotatable bonds is 5. The summed E-state index contributed by atoms with van der Waals surface area (Å²) in [5.41, 5.74) is 1.20. The molecule has 2 N–H and O–H groups in total. The fraction of sp³-hybridized carbons (Fsp3) is 0.300. The fourth-order valence-electron chi connectivity index (χ4n) is 3.08. The highest BCUT2D eigenvalue weighted by Gasteiger charge is 2.25. The molecule has 1 aliphatic heterocycles. The highest BCUT2D eigenvalue weighted by molar-refractivity contribution is 9.10. The maximum absolute atomic E-state index is 12.4. The number of piperidine rings is 1. The van der Waals surface area contributed by atoms with Gasteiger partial charge in [0, 0.05) is 29.7 Å². The van der Waals surface area contributed by atoms with Crippen LogP contribution in [0, 0.1) is 17.2 Å². The number of aromatic nitrogens is 1. The zero-order valence-electron chi connectivity index (χ0n) is 15.2. The summed E-state index contributed by atoms with van der Waals surface area (Å²) < 4.78 is 0.790. The normalized spacial score (nSPS) is 14.2. The van der Waals surface area contributed by atoms with Gasteiger partial charge in [-0.2, -0.15) is 5.26 Å². The first-order valence-electron chi connectivity index (χ1n) is 9.00. The molecular formula is C20H20BrN5O2. The number of nitrogens with one attached hydrogen (secondary N) is 2. The standard InChI is InChI=1S/C20H20BrN5O2/c21-16-3-1-2-4-17(16)25-19(27)13-24-20(28)15-7-9-26(10-8-15)18-6-5-14(11-22)12-23-18/h1-6,12,15H,7-10,13H2,(H,24,28)(H,25,27). The fourth-order valence-corrected chi connectivity index (χ4v) is 3.46. The van der Waals surface area contributed by atoms with Gasteiger partial charge in [-0.3, -0.25) is 9.59 Å². The van der Waals surface area contributed by atoms with Gasteiger partial charge in [-0.25, -0.2) is 4.98 Å². The topological polar surface area (TPSA) is 98.1 Å². The van der Waals surface area contributed by atoms with E-state index in [9.17, 15) is 9.59 Å². The van der Waals surface area contributed by atoms with Crippen LogP contribution in [0.5, 0.6) is 0 Å². The number of hydrogen-bond donors (Lipinski definition) is 2. The molecule has 0 atom stereocenters. The molecule has 0 radical (unpaired) electrons. The predicted molar refractivity (Wildman–Crippen MR) is 110 cm³/mol. The number of benzene rings is 1. The Labute approximate surface area is 171 Å². The molecule has 0 bridgehead atoms. The molecule has 3 rings (SSSR count). The van der Waals surface area contributed by atoms with E-state index in [0.717, 1.165) is 10.3 Å². The maximum Gasteiger partial charge on any atom is 0.243 e. The smallest absolute Gasteiger partial charge is 0.243 e. The minimum atomic E-state index is -0.264. The van der Waals surface area contributed by atoms with Gasteiger partial charge in [0.05, 0.1) is 17.8 Å². The summed E-state index contributed by atoms with van der Waals surface area (Å²) in [5.74, 6) is 0.325. The number of anilines is 2. The molecule has 0 saturated carbocycles. The Kier molecular flexibility index (Phi) is 6.61. The molecule has 28 heavy (non-hydrogen) atoms. The van der Waals surface area contributed by atoms with Crippen LogP contribution in [-0.2, 0) is 9.59 Å². The Balaban J connectivity index is 1.44. The number of carbonyl (C=O) groups is 2. The lowest BCUT2D eigenvalue weighted by atomic mass is 9.96. The monoisotopic (exact) mass is 441 g/mol. The highest BCUT2D eigenvalue weighted by Crippen LogP contribution is 2.22. The van der Waals surface area contributed by atoms with Crippen LogP contribution in [0.3, 0.4) is 0 Å². The minimum Gasteiger partial charge on any atom is -0.357 e. The number of para-hydroxylation sites is 1. The second-order valence-electron chi connectivity index (χ2n) is 6.52. The third-order valence-corrected chi connectivity index (χ3v) is 5.33. The van der Waals surface area contributed by atoms with Crippen LogP contribution in [0.2, 0.25) is 0 Å². The molecule has 2 amide bonds. The third-order valence-electron chi connectivity index (χ3n) is 4.64. The first kappa shape index (κ1) is 19.8. The van der Waals surface area contributed by atoms with Crippen LogP contribution in [0.4, 0.5) is 11.5 Å². The van der Waals surface area contributed by atoms with E-state index in [0.29, 0.717) is 37.2 Å². The molecule has 2 heterocycles. The summed E-state index contributed by atoms with van der Waals surface area (Å²) in [5, 5.41) is 14.3. The van der Waals surface area contributed by atoms with E-state index in [1.165, 1.54) is 0 Å². The lowest BCUT2D eigenvalue weighted by Crippen LogP contribution is -2.42. The summed E-state index contributed by atoms with van der Waals surface area (Å²) in [7, 11) is 0. The van der Waals surface area contributed by atoms with Crippen molar-refractivity contribution in [2.75, 3.05) is 29.9 Å². The molecule has 0 spiro atoms. The average molecular weight is 442 g/mol. The second kappa shape index (κ2) is 9.33. The van der Waals surface area contributed by atoms with Gasteiger partial charge in [0.1, 0.15) is 11.9 Å². The molecule has 1 aliphatic rings. The second-order valence-corrected chi connectivity index (χ2v) is 7.38. The van der Waals surface area contributed by atoms with Gasteiger partial charge >= 0.3 is 0 Å². The van der Waals surface area contributed by atoms with Crippen molar-refractivity contribution in [1.82, 2.24) is 10.3 Å². The molecule has 0 unspecified atom stereocenters. The van der Waals surface area contributed by atoms with Gasteiger partial charge in [0.15, 0.2) is 0 Å². The molecule has 1 aromatic heterocycles. The highest BCUT2D eigenvalue weighted by atomic mass is 79.9. The predicted octanol–water partition coefficient (Wildman–Crippen LogP) is 2.69. The third kappa shape index (κ3) is 5.08. The van der Waals surface area contributed by atoms with Crippen molar-refractivity contribution >= 4 is 39.2 Å². The number of hydrogen-bond acceptors (Lipinski definition) is 5. The lowest BCUT2D eigenvalue weighted by molar-refractivity contribution is -0.127. The van der Waals surface area contributed by atoms with Crippen molar-refractivity contribution in [2.45, 2.75) is 12.8 Å².